The molecular weight excluding hydrogens is 172 g/mol. The molecule has 1 aromatic heterocycles. The molecule has 2 N–H and O–H groups in total. The van der Waals surface area contributed by atoms with Gasteiger partial charge in [0.15, 0.2) is 0 Å². The predicted octanol–water partition coefficient (Wildman–Crippen LogP) is 2.94. The molecule has 0 aliphatic rings. The largest absolute Gasteiger partial charge is 0.398 e. The molecule has 2 heteroatoms. The first kappa shape index (κ1) is 9.00. The summed E-state index contributed by atoms with van der Waals surface area (Å²) in [6, 6.07) is 9.93. The number of aromatic nitrogens is 1. The lowest BCUT2D eigenvalue weighted by Gasteiger charge is -2.06. The van der Waals surface area contributed by atoms with Gasteiger partial charge in [-0.1, -0.05) is 19.9 Å². The van der Waals surface area contributed by atoms with Crippen molar-refractivity contribution in [2.75, 3.05) is 5.73 Å². The van der Waals surface area contributed by atoms with Crippen LogP contribution in [0.5, 0.6) is 0 Å². The van der Waals surface area contributed by atoms with E-state index in [9.17, 15) is 0 Å². The lowest BCUT2D eigenvalue weighted by Crippen LogP contribution is -1.94. The number of fused-ring (bicyclic) bond motifs is 1. The van der Waals surface area contributed by atoms with Crippen LogP contribution in [0.4, 0.5) is 5.69 Å². The molecule has 0 amide bonds. The van der Waals surface area contributed by atoms with E-state index in [1.54, 1.807) is 0 Å². The van der Waals surface area contributed by atoms with Crippen LogP contribution in [0, 0.1) is 0 Å². The van der Waals surface area contributed by atoms with Crippen molar-refractivity contribution >= 4 is 16.6 Å². The SMILES string of the molecule is CC(C)c1ccc2c(N)cccc2n1. The topological polar surface area (TPSA) is 38.9 Å². The highest BCUT2D eigenvalue weighted by Gasteiger charge is 2.03. The standard InChI is InChI=1S/C12H14N2/c1-8(2)11-7-6-9-10(13)4-3-5-12(9)14-11/h3-8H,13H2,1-2H3. The Bertz CT molecular complexity index is 461. The highest BCUT2D eigenvalue weighted by molar-refractivity contribution is 5.90. The van der Waals surface area contributed by atoms with Gasteiger partial charge in [0.1, 0.15) is 0 Å². The van der Waals surface area contributed by atoms with Gasteiger partial charge in [-0.05, 0) is 30.2 Å². The van der Waals surface area contributed by atoms with Gasteiger partial charge in [0, 0.05) is 16.8 Å². The number of pyridine rings is 1. The zero-order chi connectivity index (χ0) is 10.1. The van der Waals surface area contributed by atoms with Crippen LogP contribution in [0.3, 0.4) is 0 Å². The molecule has 14 heavy (non-hydrogen) atoms. The van der Waals surface area contributed by atoms with Crippen molar-refractivity contribution in [3.05, 3.63) is 36.0 Å². The molecule has 0 bridgehead atoms. The molecule has 2 rings (SSSR count). The Morgan fingerprint density at radius 3 is 2.64 bits per heavy atom. The van der Waals surface area contributed by atoms with Crippen LogP contribution in [0.2, 0.25) is 0 Å². The number of nitrogens with two attached hydrogens (primary N) is 1. The molecule has 0 saturated carbocycles. The molecule has 0 aliphatic carbocycles. The second-order valence-electron chi connectivity index (χ2n) is 3.80. The van der Waals surface area contributed by atoms with Gasteiger partial charge in [-0.2, -0.15) is 0 Å². The van der Waals surface area contributed by atoms with Crippen LogP contribution < -0.4 is 5.73 Å². The van der Waals surface area contributed by atoms with E-state index in [4.69, 9.17) is 5.73 Å². The molecule has 0 atom stereocenters. The summed E-state index contributed by atoms with van der Waals surface area (Å²) in [7, 11) is 0. The highest BCUT2D eigenvalue weighted by atomic mass is 14.7. The summed E-state index contributed by atoms with van der Waals surface area (Å²) in [6.07, 6.45) is 0. The number of hydrogen-bond acceptors (Lipinski definition) is 2. The summed E-state index contributed by atoms with van der Waals surface area (Å²) in [5.74, 6) is 0.459. The van der Waals surface area contributed by atoms with Gasteiger partial charge in [-0.15, -0.1) is 0 Å². The Morgan fingerprint density at radius 1 is 1.14 bits per heavy atom. The lowest BCUT2D eigenvalue weighted by molar-refractivity contribution is 0.830. The Kier molecular flexibility index (Phi) is 2.12. The summed E-state index contributed by atoms with van der Waals surface area (Å²) in [5, 5.41) is 1.04. The maximum Gasteiger partial charge on any atom is 0.0726 e. The highest BCUT2D eigenvalue weighted by Crippen LogP contribution is 2.21. The summed E-state index contributed by atoms with van der Waals surface area (Å²) < 4.78 is 0. The number of anilines is 1. The lowest BCUT2D eigenvalue weighted by atomic mass is 10.1. The van der Waals surface area contributed by atoms with Crippen molar-refractivity contribution in [3.8, 4) is 0 Å². The van der Waals surface area contributed by atoms with Crippen LogP contribution in [0.25, 0.3) is 10.9 Å². The van der Waals surface area contributed by atoms with E-state index in [-0.39, 0.29) is 0 Å². The Morgan fingerprint density at radius 2 is 1.93 bits per heavy atom. The van der Waals surface area contributed by atoms with Crippen LogP contribution in [-0.2, 0) is 0 Å². The van der Waals surface area contributed by atoms with Crippen molar-refractivity contribution in [2.24, 2.45) is 0 Å². The average Bonchev–Trinajstić information content (AvgIpc) is 2.17. The van der Waals surface area contributed by atoms with Crippen molar-refractivity contribution in [1.29, 1.82) is 0 Å². The number of hydrogen-bond donors (Lipinski definition) is 1. The molecule has 0 unspecified atom stereocenters. The molecule has 0 spiro atoms. The van der Waals surface area contributed by atoms with Gasteiger partial charge in [-0.25, -0.2) is 0 Å². The summed E-state index contributed by atoms with van der Waals surface area (Å²) in [4.78, 5) is 4.56. The summed E-state index contributed by atoms with van der Waals surface area (Å²) in [6.45, 7) is 4.28. The predicted molar refractivity (Wildman–Crippen MR) is 60.2 cm³/mol. The van der Waals surface area contributed by atoms with E-state index in [0.717, 1.165) is 22.3 Å². The fourth-order valence-electron chi connectivity index (χ4n) is 1.52. The van der Waals surface area contributed by atoms with Crippen LogP contribution >= 0.6 is 0 Å². The number of rotatable bonds is 1. The second-order valence-corrected chi connectivity index (χ2v) is 3.80. The zero-order valence-electron chi connectivity index (χ0n) is 8.49. The number of benzene rings is 1. The fourth-order valence-corrected chi connectivity index (χ4v) is 1.52. The second kappa shape index (κ2) is 3.29. The minimum atomic E-state index is 0.459. The number of nitrogen functional groups attached to an aromatic ring is 1. The maximum absolute atomic E-state index is 5.84. The van der Waals surface area contributed by atoms with Gasteiger partial charge >= 0.3 is 0 Å². The summed E-state index contributed by atoms with van der Waals surface area (Å²) >= 11 is 0. The molecular formula is C12H14N2. The van der Waals surface area contributed by atoms with E-state index in [1.807, 2.05) is 30.3 Å². The van der Waals surface area contributed by atoms with Crippen LogP contribution in [0.1, 0.15) is 25.5 Å². The third-order valence-corrected chi connectivity index (χ3v) is 2.38. The van der Waals surface area contributed by atoms with E-state index in [0.29, 0.717) is 5.92 Å². The molecule has 2 nitrogen and oxygen atoms in total. The van der Waals surface area contributed by atoms with Crippen molar-refractivity contribution in [1.82, 2.24) is 4.98 Å². The van der Waals surface area contributed by atoms with Gasteiger partial charge in [0.05, 0.1) is 5.52 Å². The first-order valence-electron chi connectivity index (χ1n) is 4.83. The van der Waals surface area contributed by atoms with Crippen molar-refractivity contribution < 1.29 is 0 Å². The third-order valence-electron chi connectivity index (χ3n) is 2.38. The average molecular weight is 186 g/mol. The number of nitrogens with zero attached hydrogens (tertiary/aromatic N) is 1. The molecule has 0 aliphatic heterocycles. The monoisotopic (exact) mass is 186 g/mol. The van der Waals surface area contributed by atoms with E-state index in [1.165, 1.54) is 0 Å². The minimum Gasteiger partial charge on any atom is -0.398 e. The first-order valence-corrected chi connectivity index (χ1v) is 4.83. The molecule has 1 aromatic carbocycles. The van der Waals surface area contributed by atoms with Crippen LogP contribution in [0.15, 0.2) is 30.3 Å². The normalized spacial score (nSPS) is 11.1. The van der Waals surface area contributed by atoms with E-state index < -0.39 is 0 Å². The Labute approximate surface area is 83.8 Å². The smallest absolute Gasteiger partial charge is 0.0726 e. The summed E-state index contributed by atoms with van der Waals surface area (Å²) in [5.41, 5.74) is 8.74. The molecule has 0 radical (unpaired) electrons. The quantitative estimate of drug-likeness (QED) is 0.695. The first-order chi connectivity index (χ1) is 6.68. The van der Waals surface area contributed by atoms with Gasteiger partial charge in [0.25, 0.3) is 0 Å². The Balaban J connectivity index is 2.67. The fraction of sp³-hybridized carbons (Fsp3) is 0.250. The molecule has 0 saturated heterocycles. The maximum atomic E-state index is 5.84. The van der Waals surface area contributed by atoms with Crippen LogP contribution in [-0.4, -0.2) is 4.98 Å². The van der Waals surface area contributed by atoms with Gasteiger partial charge in [-0.3, -0.25) is 4.98 Å². The van der Waals surface area contributed by atoms with E-state index in [2.05, 4.69) is 18.8 Å². The van der Waals surface area contributed by atoms with E-state index >= 15 is 0 Å². The zero-order valence-corrected chi connectivity index (χ0v) is 8.49. The van der Waals surface area contributed by atoms with Gasteiger partial charge < -0.3 is 5.73 Å². The minimum absolute atomic E-state index is 0.459. The Hall–Kier alpha value is -1.57. The van der Waals surface area contributed by atoms with Crippen molar-refractivity contribution in [3.63, 3.8) is 0 Å². The van der Waals surface area contributed by atoms with Gasteiger partial charge in [0.2, 0.25) is 0 Å². The molecule has 1 heterocycles. The molecule has 2 aromatic rings. The molecule has 0 fully saturated rings. The van der Waals surface area contributed by atoms with Crippen molar-refractivity contribution in [2.45, 2.75) is 19.8 Å². The molecule has 72 valence electrons. The third kappa shape index (κ3) is 1.43.